The topological polar surface area (TPSA) is 70.7 Å². The number of amides is 3. The van der Waals surface area contributed by atoms with Crippen LogP contribution in [0.1, 0.15) is 18.9 Å². The maximum Gasteiger partial charge on any atom is 0.319 e. The third-order valence-corrected chi connectivity index (χ3v) is 4.35. The van der Waals surface area contributed by atoms with Crippen molar-refractivity contribution in [1.29, 1.82) is 0 Å². The minimum absolute atomic E-state index is 0.0640. The molecule has 1 aliphatic heterocycles. The number of carbonyl (C=O) groups excluding carboxylic acids is 2. The van der Waals surface area contributed by atoms with Gasteiger partial charge < -0.3 is 20.3 Å². The van der Waals surface area contributed by atoms with Crippen LogP contribution in [0.2, 0.25) is 0 Å². The van der Waals surface area contributed by atoms with Crippen molar-refractivity contribution < 1.29 is 18.7 Å². The molecule has 0 aromatic heterocycles. The molecule has 0 spiro atoms. The Morgan fingerprint density at radius 2 is 2.00 bits per heavy atom. The first-order chi connectivity index (χ1) is 13.0. The number of rotatable bonds is 5. The van der Waals surface area contributed by atoms with E-state index in [1.165, 1.54) is 6.07 Å². The summed E-state index contributed by atoms with van der Waals surface area (Å²) in [5.41, 5.74) is 1.63. The van der Waals surface area contributed by atoms with Gasteiger partial charge in [-0.2, -0.15) is 0 Å². The number of hydrogen-bond acceptors (Lipinski definition) is 3. The summed E-state index contributed by atoms with van der Waals surface area (Å²) < 4.78 is 19.0. The SMILES string of the molecule is CCOc1ccc(N2C[C@H](NC(=O)Nc3ccc(C)c(F)c3)CC2=O)cc1. The zero-order valence-electron chi connectivity index (χ0n) is 15.3. The summed E-state index contributed by atoms with van der Waals surface area (Å²) >= 11 is 0. The van der Waals surface area contributed by atoms with Gasteiger partial charge in [0.05, 0.1) is 12.6 Å². The van der Waals surface area contributed by atoms with Crippen molar-refractivity contribution in [2.45, 2.75) is 26.3 Å². The van der Waals surface area contributed by atoms with E-state index in [4.69, 9.17) is 4.74 Å². The summed E-state index contributed by atoms with van der Waals surface area (Å²) in [6.07, 6.45) is 0.211. The van der Waals surface area contributed by atoms with E-state index in [1.54, 1.807) is 24.0 Å². The zero-order valence-corrected chi connectivity index (χ0v) is 15.3. The molecule has 1 heterocycles. The smallest absolute Gasteiger partial charge is 0.319 e. The second-order valence-corrected chi connectivity index (χ2v) is 6.39. The Morgan fingerprint density at radius 1 is 1.26 bits per heavy atom. The second-order valence-electron chi connectivity index (χ2n) is 6.39. The number of nitrogens with one attached hydrogen (secondary N) is 2. The van der Waals surface area contributed by atoms with Crippen molar-refractivity contribution in [3.05, 3.63) is 53.8 Å². The molecule has 3 amide bonds. The fourth-order valence-corrected chi connectivity index (χ4v) is 2.97. The van der Waals surface area contributed by atoms with Crippen LogP contribution in [-0.2, 0) is 4.79 Å². The number of hydrogen-bond donors (Lipinski definition) is 2. The molecule has 1 fully saturated rings. The molecule has 142 valence electrons. The third-order valence-electron chi connectivity index (χ3n) is 4.35. The maximum atomic E-state index is 13.6. The molecule has 0 radical (unpaired) electrons. The third kappa shape index (κ3) is 4.55. The number of carbonyl (C=O) groups is 2. The first-order valence-electron chi connectivity index (χ1n) is 8.83. The summed E-state index contributed by atoms with van der Waals surface area (Å²) in [6.45, 7) is 4.51. The Hall–Kier alpha value is -3.09. The molecule has 2 N–H and O–H groups in total. The van der Waals surface area contributed by atoms with Crippen molar-refractivity contribution in [2.24, 2.45) is 0 Å². The number of aryl methyl sites for hydroxylation is 1. The molecule has 0 saturated carbocycles. The molecule has 2 aromatic carbocycles. The van der Waals surface area contributed by atoms with Gasteiger partial charge in [-0.15, -0.1) is 0 Å². The molecule has 1 atom stereocenters. The molecule has 1 aliphatic rings. The number of urea groups is 1. The fourth-order valence-electron chi connectivity index (χ4n) is 2.97. The predicted octanol–water partition coefficient (Wildman–Crippen LogP) is 3.46. The van der Waals surface area contributed by atoms with Crippen LogP contribution >= 0.6 is 0 Å². The van der Waals surface area contributed by atoms with Gasteiger partial charge in [0.15, 0.2) is 0 Å². The van der Waals surface area contributed by atoms with Crippen molar-refractivity contribution in [3.63, 3.8) is 0 Å². The molecule has 0 unspecified atom stereocenters. The van der Waals surface area contributed by atoms with Crippen molar-refractivity contribution >= 4 is 23.3 Å². The van der Waals surface area contributed by atoms with Gasteiger partial charge in [-0.25, -0.2) is 9.18 Å². The average molecular weight is 371 g/mol. The fraction of sp³-hybridized carbons (Fsp3) is 0.300. The van der Waals surface area contributed by atoms with Gasteiger partial charge in [0.2, 0.25) is 5.91 Å². The van der Waals surface area contributed by atoms with Gasteiger partial charge >= 0.3 is 6.03 Å². The van der Waals surface area contributed by atoms with Crippen molar-refractivity contribution in [2.75, 3.05) is 23.4 Å². The van der Waals surface area contributed by atoms with Crippen molar-refractivity contribution in [1.82, 2.24) is 5.32 Å². The summed E-state index contributed by atoms with van der Waals surface area (Å²) in [6, 6.07) is 11.0. The van der Waals surface area contributed by atoms with Crippen molar-refractivity contribution in [3.8, 4) is 5.75 Å². The van der Waals surface area contributed by atoms with Gasteiger partial charge in [0, 0.05) is 24.3 Å². The first-order valence-corrected chi connectivity index (χ1v) is 8.83. The second kappa shape index (κ2) is 8.07. The lowest BCUT2D eigenvalue weighted by Crippen LogP contribution is -2.39. The standard InChI is InChI=1S/C20H22FN3O3/c1-3-27-17-8-6-16(7-9-17)24-12-15(11-19(24)25)23-20(26)22-14-5-4-13(2)18(21)10-14/h4-10,15H,3,11-12H2,1-2H3,(H2,22,23,26)/t15-/m1/s1. The molecule has 7 heteroatoms. The lowest BCUT2D eigenvalue weighted by Gasteiger charge is -2.18. The van der Waals surface area contributed by atoms with E-state index in [9.17, 15) is 14.0 Å². The number of nitrogens with zero attached hydrogens (tertiary/aromatic N) is 1. The van der Waals surface area contributed by atoms with Gasteiger partial charge in [0.25, 0.3) is 0 Å². The molecule has 2 aromatic rings. The number of anilines is 2. The van der Waals surface area contributed by atoms with Crippen LogP contribution in [0, 0.1) is 12.7 Å². The van der Waals surface area contributed by atoms with E-state index >= 15 is 0 Å². The van der Waals surface area contributed by atoms with Gasteiger partial charge in [-0.3, -0.25) is 4.79 Å². The van der Waals surface area contributed by atoms with E-state index in [2.05, 4.69) is 10.6 Å². The molecule has 3 rings (SSSR count). The molecular formula is C20H22FN3O3. The van der Waals surface area contributed by atoms with E-state index in [1.807, 2.05) is 31.2 Å². The normalized spacial score (nSPS) is 16.3. The lowest BCUT2D eigenvalue weighted by atomic mass is 10.2. The van der Waals surface area contributed by atoms with Crippen LogP contribution in [-0.4, -0.2) is 31.1 Å². The Morgan fingerprint density at radius 3 is 2.67 bits per heavy atom. The molecule has 0 bridgehead atoms. The van der Waals surface area contributed by atoms with E-state index in [0.29, 0.717) is 24.4 Å². The lowest BCUT2D eigenvalue weighted by molar-refractivity contribution is -0.117. The minimum Gasteiger partial charge on any atom is -0.494 e. The van der Waals surface area contributed by atoms with Gasteiger partial charge in [0.1, 0.15) is 11.6 Å². The average Bonchev–Trinajstić information content (AvgIpc) is 2.99. The highest BCUT2D eigenvalue weighted by Crippen LogP contribution is 2.24. The Kier molecular flexibility index (Phi) is 5.59. The van der Waals surface area contributed by atoms with Gasteiger partial charge in [-0.05, 0) is 55.8 Å². The first kappa shape index (κ1) is 18.7. The molecule has 1 saturated heterocycles. The minimum atomic E-state index is -0.468. The maximum absolute atomic E-state index is 13.6. The molecular weight excluding hydrogens is 349 g/mol. The van der Waals surface area contributed by atoms with E-state index in [0.717, 1.165) is 11.4 Å². The molecule has 6 nitrogen and oxygen atoms in total. The predicted molar refractivity (Wildman–Crippen MR) is 102 cm³/mol. The summed E-state index contributed by atoms with van der Waals surface area (Å²) in [4.78, 5) is 26.1. The zero-order chi connectivity index (χ0) is 19.4. The highest BCUT2D eigenvalue weighted by atomic mass is 19.1. The molecule has 27 heavy (non-hydrogen) atoms. The van der Waals surface area contributed by atoms with Crippen LogP contribution in [0.15, 0.2) is 42.5 Å². The molecule has 0 aliphatic carbocycles. The Balaban J connectivity index is 1.58. The van der Waals surface area contributed by atoms with Gasteiger partial charge in [-0.1, -0.05) is 6.07 Å². The van der Waals surface area contributed by atoms with E-state index in [-0.39, 0.29) is 24.2 Å². The van der Waals surface area contributed by atoms with Crippen LogP contribution in [0.5, 0.6) is 5.75 Å². The van der Waals surface area contributed by atoms with Crippen LogP contribution in [0.4, 0.5) is 20.6 Å². The van der Waals surface area contributed by atoms with Crippen LogP contribution in [0.3, 0.4) is 0 Å². The monoisotopic (exact) mass is 371 g/mol. The number of halogens is 1. The van der Waals surface area contributed by atoms with Crippen LogP contribution in [0.25, 0.3) is 0 Å². The highest BCUT2D eigenvalue weighted by molar-refractivity contribution is 5.97. The Labute approximate surface area is 157 Å². The number of benzene rings is 2. The largest absolute Gasteiger partial charge is 0.494 e. The quantitative estimate of drug-likeness (QED) is 0.846. The summed E-state index contributed by atoms with van der Waals surface area (Å²) in [5.74, 6) is 0.295. The summed E-state index contributed by atoms with van der Waals surface area (Å²) in [7, 11) is 0. The summed E-state index contributed by atoms with van der Waals surface area (Å²) in [5, 5.41) is 5.35. The highest BCUT2D eigenvalue weighted by Gasteiger charge is 2.31. The Bertz CT molecular complexity index is 839. The number of ether oxygens (including phenoxy) is 1. The van der Waals surface area contributed by atoms with Crippen LogP contribution < -0.4 is 20.3 Å². The van der Waals surface area contributed by atoms with E-state index < -0.39 is 6.03 Å².